The summed E-state index contributed by atoms with van der Waals surface area (Å²) in [5.41, 5.74) is 5.43. The van der Waals surface area contributed by atoms with Crippen LogP contribution < -0.4 is 16.0 Å². The molecule has 1 aromatic rings. The van der Waals surface area contributed by atoms with E-state index in [9.17, 15) is 31.1 Å². The van der Waals surface area contributed by atoms with Crippen molar-refractivity contribution in [3.63, 3.8) is 0 Å². The highest BCUT2D eigenvalue weighted by Crippen LogP contribution is 2.40. The van der Waals surface area contributed by atoms with Crippen LogP contribution >= 0.6 is 11.3 Å². The van der Waals surface area contributed by atoms with E-state index in [1.54, 1.807) is 4.90 Å². The second-order valence-corrected chi connectivity index (χ2v) is 7.70. The van der Waals surface area contributed by atoms with E-state index in [1.807, 2.05) is 0 Å². The Labute approximate surface area is 164 Å². The molecule has 29 heavy (non-hydrogen) atoms. The number of carbonyl (C=O) groups excluding carboxylic acids is 1. The second kappa shape index (κ2) is 7.46. The van der Waals surface area contributed by atoms with E-state index in [1.165, 1.54) is 0 Å². The van der Waals surface area contributed by atoms with Gasteiger partial charge < -0.3 is 16.0 Å². The van der Waals surface area contributed by atoms with Crippen molar-refractivity contribution in [1.29, 1.82) is 5.41 Å². The molecule has 2 aliphatic rings. The predicted molar refractivity (Wildman–Crippen MR) is 91.1 cm³/mol. The number of amidine groups is 1. The smallest absolute Gasteiger partial charge is 0.401 e. The van der Waals surface area contributed by atoms with Crippen molar-refractivity contribution >= 4 is 28.2 Å². The lowest BCUT2D eigenvalue weighted by Gasteiger charge is -2.35. The van der Waals surface area contributed by atoms with E-state index in [4.69, 9.17) is 11.1 Å². The number of hydrogen-bond donors (Lipinski definition) is 3. The number of alkyl halides is 6. The quantitative estimate of drug-likeness (QED) is 0.611. The molecular formula is C15H16F6N6OS. The molecule has 1 amide bonds. The number of carbonyl (C=O) groups is 1. The third-order valence-corrected chi connectivity index (χ3v) is 5.87. The fourth-order valence-electron chi connectivity index (χ4n) is 3.40. The molecule has 160 valence electrons. The predicted octanol–water partition coefficient (Wildman–Crippen LogP) is 2.66. The number of anilines is 1. The number of rotatable bonds is 2. The summed E-state index contributed by atoms with van der Waals surface area (Å²) in [6.45, 7) is 0.447. The van der Waals surface area contributed by atoms with Gasteiger partial charge in [-0.2, -0.15) is 26.3 Å². The molecule has 0 spiro atoms. The van der Waals surface area contributed by atoms with Crippen LogP contribution in [-0.2, 0) is 11.0 Å². The summed E-state index contributed by atoms with van der Waals surface area (Å²) < 4.78 is 78.1. The molecule has 0 radical (unpaired) electrons. The topological polar surface area (TPSA) is 108 Å². The van der Waals surface area contributed by atoms with Gasteiger partial charge in [0.25, 0.3) is 0 Å². The molecule has 0 saturated carbocycles. The van der Waals surface area contributed by atoms with Crippen molar-refractivity contribution < 1.29 is 31.1 Å². The normalized spacial score (nSPS) is 23.9. The summed E-state index contributed by atoms with van der Waals surface area (Å²) in [4.78, 5) is 13.0. The number of nitrogens with one attached hydrogen (secondary N) is 2. The van der Waals surface area contributed by atoms with Crippen LogP contribution in [0.4, 0.5) is 31.5 Å². The van der Waals surface area contributed by atoms with E-state index in [0.29, 0.717) is 11.3 Å². The lowest BCUT2D eigenvalue weighted by Crippen LogP contribution is -2.47. The average molecular weight is 442 g/mol. The summed E-state index contributed by atoms with van der Waals surface area (Å²) in [7, 11) is 0. The summed E-state index contributed by atoms with van der Waals surface area (Å²) >= 11 is 0.393. The van der Waals surface area contributed by atoms with E-state index >= 15 is 0 Å². The van der Waals surface area contributed by atoms with Crippen LogP contribution in [0.25, 0.3) is 0 Å². The number of piperidine rings is 2. The van der Waals surface area contributed by atoms with E-state index in [2.05, 4.69) is 15.5 Å². The van der Waals surface area contributed by atoms with Gasteiger partial charge in [0.1, 0.15) is 5.84 Å². The van der Waals surface area contributed by atoms with Gasteiger partial charge in [-0.1, -0.05) is 11.3 Å². The van der Waals surface area contributed by atoms with Crippen LogP contribution in [0.5, 0.6) is 0 Å². The van der Waals surface area contributed by atoms with Gasteiger partial charge in [0, 0.05) is 36.7 Å². The van der Waals surface area contributed by atoms with Gasteiger partial charge in [0.05, 0.1) is 5.92 Å². The first kappa shape index (κ1) is 21.3. The van der Waals surface area contributed by atoms with Crippen LogP contribution in [0, 0.1) is 17.2 Å². The van der Waals surface area contributed by atoms with Crippen molar-refractivity contribution in [2.45, 2.75) is 31.6 Å². The number of hydrogen-bond acceptors (Lipinski definition) is 7. The lowest BCUT2D eigenvalue weighted by atomic mass is 9.83. The van der Waals surface area contributed by atoms with Crippen LogP contribution in [0.2, 0.25) is 0 Å². The zero-order valence-corrected chi connectivity index (χ0v) is 15.5. The Balaban J connectivity index is 1.76. The van der Waals surface area contributed by atoms with E-state index in [0.717, 1.165) is 0 Å². The first-order valence-electron chi connectivity index (χ1n) is 8.48. The number of allylic oxidation sites excluding steroid dienone is 1. The Morgan fingerprint density at radius 2 is 1.79 bits per heavy atom. The summed E-state index contributed by atoms with van der Waals surface area (Å²) in [6, 6.07) is 0. The number of nitrogens with zero attached hydrogens (tertiary/aromatic N) is 3. The maximum absolute atomic E-state index is 13.4. The Morgan fingerprint density at radius 1 is 1.17 bits per heavy atom. The lowest BCUT2D eigenvalue weighted by molar-refractivity contribution is -0.169. The molecule has 2 saturated heterocycles. The van der Waals surface area contributed by atoms with Gasteiger partial charge in [0.2, 0.25) is 16.0 Å². The summed E-state index contributed by atoms with van der Waals surface area (Å²) in [5, 5.41) is 15.5. The van der Waals surface area contributed by atoms with Gasteiger partial charge >= 0.3 is 12.4 Å². The van der Waals surface area contributed by atoms with Crippen LogP contribution in [-0.4, -0.2) is 41.2 Å². The van der Waals surface area contributed by atoms with Crippen LogP contribution in [0.15, 0.2) is 11.3 Å². The van der Waals surface area contributed by atoms with Crippen molar-refractivity contribution in [2.75, 3.05) is 18.0 Å². The first-order valence-corrected chi connectivity index (χ1v) is 9.30. The van der Waals surface area contributed by atoms with Gasteiger partial charge in [-0.25, -0.2) is 0 Å². The van der Waals surface area contributed by atoms with Crippen LogP contribution in [0.3, 0.4) is 0 Å². The van der Waals surface area contributed by atoms with Crippen molar-refractivity contribution in [2.24, 2.45) is 17.6 Å². The molecule has 1 atom stereocenters. The molecule has 3 rings (SSSR count). The Morgan fingerprint density at radius 3 is 2.31 bits per heavy atom. The zero-order chi connectivity index (χ0) is 21.6. The third-order valence-electron chi connectivity index (χ3n) is 4.84. The molecule has 0 aliphatic carbocycles. The standard InChI is InChI=1S/C15H16F6N6OS/c16-14(17,18)7-5-8(28)24-11(23)9(7)10(22)6-1-3-27(4-2-6)13-26-25-12(29-13)15(19,20)21/h6-7H,1-5,22H2,(H2,23,24,28). The maximum Gasteiger partial charge on any atom is 0.445 e. The fourth-order valence-corrected chi connectivity index (χ4v) is 4.17. The molecule has 4 N–H and O–H groups in total. The van der Waals surface area contributed by atoms with Gasteiger partial charge in [0.15, 0.2) is 0 Å². The molecule has 3 heterocycles. The molecule has 1 unspecified atom stereocenters. The molecular weight excluding hydrogens is 426 g/mol. The van der Waals surface area contributed by atoms with Crippen molar-refractivity contribution in [3.05, 3.63) is 16.3 Å². The number of aromatic nitrogens is 2. The first-order chi connectivity index (χ1) is 13.4. The second-order valence-electron chi connectivity index (χ2n) is 6.74. The highest BCUT2D eigenvalue weighted by molar-refractivity contribution is 7.15. The Kier molecular flexibility index (Phi) is 5.49. The monoisotopic (exact) mass is 442 g/mol. The average Bonchev–Trinajstić information content (AvgIpc) is 3.10. The maximum atomic E-state index is 13.4. The minimum atomic E-state index is -4.73. The van der Waals surface area contributed by atoms with Gasteiger partial charge in [-0.05, 0) is 12.8 Å². The zero-order valence-electron chi connectivity index (χ0n) is 14.7. The number of halogens is 6. The number of nitrogens with two attached hydrogens (primary N) is 1. The molecule has 0 bridgehead atoms. The molecule has 14 heteroatoms. The SMILES string of the molecule is N=C1NC(=O)CC(C(F)(F)F)C1=C(N)C1CCN(c2nnc(C(F)(F)F)s2)CC1. The fraction of sp³-hybridized carbons (Fsp3) is 0.600. The molecule has 0 aromatic carbocycles. The molecule has 1 aromatic heterocycles. The van der Waals surface area contributed by atoms with Gasteiger partial charge in [-0.15, -0.1) is 10.2 Å². The minimum absolute atomic E-state index is 0.0767. The highest BCUT2D eigenvalue weighted by Gasteiger charge is 2.48. The molecule has 2 fully saturated rings. The van der Waals surface area contributed by atoms with E-state index < -0.39 is 52.9 Å². The Bertz CT molecular complexity index is 839. The number of amides is 1. The van der Waals surface area contributed by atoms with Gasteiger partial charge in [-0.3, -0.25) is 10.2 Å². The van der Waals surface area contributed by atoms with E-state index in [-0.39, 0.29) is 36.8 Å². The third kappa shape index (κ3) is 4.46. The van der Waals surface area contributed by atoms with Crippen molar-refractivity contribution in [3.8, 4) is 0 Å². The summed E-state index contributed by atoms with van der Waals surface area (Å²) in [6.07, 6.45) is -9.64. The molecule has 2 aliphatic heterocycles. The largest absolute Gasteiger partial charge is 0.445 e. The summed E-state index contributed by atoms with van der Waals surface area (Å²) in [5.74, 6) is -4.22. The molecule has 7 nitrogen and oxygen atoms in total. The Hall–Kier alpha value is -2.38. The minimum Gasteiger partial charge on any atom is -0.401 e. The van der Waals surface area contributed by atoms with Crippen molar-refractivity contribution in [1.82, 2.24) is 15.5 Å². The van der Waals surface area contributed by atoms with Crippen LogP contribution in [0.1, 0.15) is 24.3 Å². The highest BCUT2D eigenvalue weighted by atomic mass is 32.1.